The van der Waals surface area contributed by atoms with E-state index in [-0.39, 0.29) is 5.97 Å². The van der Waals surface area contributed by atoms with Crippen LogP contribution in [-0.2, 0) is 9.53 Å². The lowest BCUT2D eigenvalue weighted by Crippen LogP contribution is -2.11. The minimum absolute atomic E-state index is 0.212. The molecule has 2 aromatic heterocycles. The number of rotatable bonds is 4. The number of fused-ring (bicyclic) bond motifs is 2. The van der Waals surface area contributed by atoms with Crippen LogP contribution in [0.3, 0.4) is 0 Å². The topological polar surface area (TPSA) is 57.9 Å². The average molecular weight is 318 g/mol. The van der Waals surface area contributed by atoms with Gasteiger partial charge in [0.1, 0.15) is 0 Å². The molecule has 0 atom stereocenters. The molecule has 4 nitrogen and oxygen atoms in total. The molecule has 4 aromatic rings. The molecule has 0 fully saturated rings. The molecule has 0 unspecified atom stereocenters. The molecule has 0 aliphatic heterocycles. The van der Waals surface area contributed by atoms with E-state index < -0.39 is 6.10 Å². The number of esters is 1. The van der Waals surface area contributed by atoms with Gasteiger partial charge in [-0.3, -0.25) is 4.79 Å². The molecule has 0 saturated heterocycles. The summed E-state index contributed by atoms with van der Waals surface area (Å²) < 4.78 is 5.83. The second-order valence-electron chi connectivity index (χ2n) is 5.80. The van der Waals surface area contributed by atoms with Gasteiger partial charge < -0.3 is 14.7 Å². The van der Waals surface area contributed by atoms with Crippen molar-refractivity contribution >= 4 is 27.8 Å². The number of para-hydroxylation sites is 2. The molecule has 0 radical (unpaired) electrons. The van der Waals surface area contributed by atoms with Crippen LogP contribution in [0.2, 0.25) is 0 Å². The van der Waals surface area contributed by atoms with E-state index in [9.17, 15) is 4.79 Å². The smallest absolute Gasteiger partial charge is 0.306 e. The third-order valence-electron chi connectivity index (χ3n) is 4.35. The van der Waals surface area contributed by atoms with Gasteiger partial charge in [0, 0.05) is 51.7 Å². The van der Waals surface area contributed by atoms with Crippen LogP contribution in [0, 0.1) is 0 Å². The summed E-state index contributed by atoms with van der Waals surface area (Å²) in [4.78, 5) is 18.6. The summed E-state index contributed by atoms with van der Waals surface area (Å²) in [6.07, 6.45) is 3.77. The molecule has 0 amide bonds. The van der Waals surface area contributed by atoms with Crippen molar-refractivity contribution in [2.24, 2.45) is 0 Å². The number of aromatic nitrogens is 2. The minimum Gasteiger partial charge on any atom is -0.452 e. The van der Waals surface area contributed by atoms with Crippen LogP contribution in [0.1, 0.15) is 30.6 Å². The Hall–Kier alpha value is -3.01. The monoisotopic (exact) mass is 318 g/mol. The summed E-state index contributed by atoms with van der Waals surface area (Å²) in [7, 11) is 0. The predicted molar refractivity (Wildman–Crippen MR) is 94.8 cm³/mol. The predicted octanol–water partition coefficient (Wildman–Crippen LogP) is 4.69. The first-order chi connectivity index (χ1) is 11.8. The van der Waals surface area contributed by atoms with Crippen LogP contribution in [-0.4, -0.2) is 15.9 Å². The molecule has 0 saturated carbocycles. The van der Waals surface area contributed by atoms with Gasteiger partial charge in [-0.15, -0.1) is 0 Å². The summed E-state index contributed by atoms with van der Waals surface area (Å²) in [6.45, 7) is 1.81. The summed E-state index contributed by atoms with van der Waals surface area (Å²) >= 11 is 0. The average Bonchev–Trinajstić information content (AvgIpc) is 3.24. The third kappa shape index (κ3) is 2.36. The van der Waals surface area contributed by atoms with Gasteiger partial charge in [0.25, 0.3) is 0 Å². The van der Waals surface area contributed by atoms with Gasteiger partial charge >= 0.3 is 5.97 Å². The van der Waals surface area contributed by atoms with Crippen molar-refractivity contribution in [3.8, 4) is 0 Å². The van der Waals surface area contributed by atoms with Gasteiger partial charge in [-0.2, -0.15) is 0 Å². The van der Waals surface area contributed by atoms with Gasteiger partial charge in [-0.05, 0) is 12.1 Å². The number of ether oxygens (including phenoxy) is 1. The SMILES string of the molecule is CCC(=O)OC(c1c[nH]c2ccccc12)c1c[nH]c2ccccc12. The van der Waals surface area contributed by atoms with Crippen molar-refractivity contribution in [2.75, 3.05) is 0 Å². The van der Waals surface area contributed by atoms with Gasteiger partial charge in [0.2, 0.25) is 0 Å². The zero-order valence-corrected chi connectivity index (χ0v) is 13.4. The third-order valence-corrected chi connectivity index (χ3v) is 4.35. The van der Waals surface area contributed by atoms with Crippen molar-refractivity contribution in [1.29, 1.82) is 0 Å². The summed E-state index contributed by atoms with van der Waals surface area (Å²) in [5, 5.41) is 2.13. The van der Waals surface area contributed by atoms with Crippen molar-refractivity contribution in [3.63, 3.8) is 0 Å². The Balaban J connectivity index is 1.90. The van der Waals surface area contributed by atoms with E-state index >= 15 is 0 Å². The maximum Gasteiger partial charge on any atom is 0.306 e. The zero-order valence-electron chi connectivity index (χ0n) is 13.4. The van der Waals surface area contributed by atoms with E-state index in [4.69, 9.17) is 4.74 Å². The molecule has 0 aliphatic carbocycles. The molecule has 2 heterocycles. The van der Waals surface area contributed by atoms with Gasteiger partial charge in [0.05, 0.1) is 0 Å². The molecular weight excluding hydrogens is 300 g/mol. The number of nitrogens with one attached hydrogen (secondary N) is 2. The summed E-state index contributed by atoms with van der Waals surface area (Å²) in [5.41, 5.74) is 4.00. The number of aromatic amines is 2. The van der Waals surface area contributed by atoms with Crippen molar-refractivity contribution in [2.45, 2.75) is 19.4 Å². The highest BCUT2D eigenvalue weighted by Gasteiger charge is 2.24. The van der Waals surface area contributed by atoms with E-state index in [1.54, 1.807) is 0 Å². The Morgan fingerprint density at radius 1 is 0.917 bits per heavy atom. The molecule has 4 rings (SSSR count). The molecule has 0 bridgehead atoms. The first kappa shape index (κ1) is 14.6. The number of hydrogen-bond acceptors (Lipinski definition) is 2. The fourth-order valence-corrected chi connectivity index (χ4v) is 3.13. The second-order valence-corrected chi connectivity index (χ2v) is 5.80. The van der Waals surface area contributed by atoms with Gasteiger partial charge in [-0.1, -0.05) is 43.3 Å². The van der Waals surface area contributed by atoms with Crippen LogP contribution in [0.5, 0.6) is 0 Å². The highest BCUT2D eigenvalue weighted by molar-refractivity contribution is 5.88. The Morgan fingerprint density at radius 2 is 1.42 bits per heavy atom. The lowest BCUT2D eigenvalue weighted by atomic mass is 10.00. The minimum atomic E-state index is -0.440. The summed E-state index contributed by atoms with van der Waals surface area (Å²) in [6, 6.07) is 16.1. The highest BCUT2D eigenvalue weighted by atomic mass is 16.5. The lowest BCUT2D eigenvalue weighted by Gasteiger charge is -2.17. The van der Waals surface area contributed by atoms with E-state index in [0.717, 1.165) is 32.9 Å². The molecule has 2 N–H and O–H groups in total. The van der Waals surface area contributed by atoms with Crippen LogP contribution in [0.4, 0.5) is 0 Å². The van der Waals surface area contributed by atoms with E-state index in [2.05, 4.69) is 9.97 Å². The molecule has 120 valence electrons. The Kier molecular flexibility index (Phi) is 3.58. The van der Waals surface area contributed by atoms with E-state index in [1.807, 2.05) is 67.8 Å². The van der Waals surface area contributed by atoms with Crippen LogP contribution in [0.25, 0.3) is 21.8 Å². The van der Waals surface area contributed by atoms with Crippen LogP contribution >= 0.6 is 0 Å². The highest BCUT2D eigenvalue weighted by Crippen LogP contribution is 2.35. The molecule has 4 heteroatoms. The number of carbonyl (C=O) groups is 1. The maximum absolute atomic E-state index is 12.0. The Labute approximate surface area is 139 Å². The molecule has 0 spiro atoms. The quantitative estimate of drug-likeness (QED) is 0.536. The van der Waals surface area contributed by atoms with E-state index in [0.29, 0.717) is 6.42 Å². The number of benzene rings is 2. The van der Waals surface area contributed by atoms with E-state index in [1.165, 1.54) is 0 Å². The second kappa shape index (κ2) is 5.89. The molecular formula is C20H18N2O2. The van der Waals surface area contributed by atoms with Crippen molar-refractivity contribution < 1.29 is 9.53 Å². The fraction of sp³-hybridized carbons (Fsp3) is 0.150. The Bertz CT molecular complexity index is 939. The fourth-order valence-electron chi connectivity index (χ4n) is 3.13. The van der Waals surface area contributed by atoms with Crippen molar-refractivity contribution in [3.05, 3.63) is 72.1 Å². The Morgan fingerprint density at radius 3 is 1.92 bits per heavy atom. The largest absolute Gasteiger partial charge is 0.452 e. The van der Waals surface area contributed by atoms with Gasteiger partial charge in [-0.25, -0.2) is 0 Å². The first-order valence-electron chi connectivity index (χ1n) is 8.09. The van der Waals surface area contributed by atoms with Crippen LogP contribution in [0.15, 0.2) is 60.9 Å². The molecule has 0 aliphatic rings. The zero-order chi connectivity index (χ0) is 16.5. The normalized spacial score (nSPS) is 11.4. The lowest BCUT2D eigenvalue weighted by molar-refractivity contribution is -0.147. The number of hydrogen-bond donors (Lipinski definition) is 2. The van der Waals surface area contributed by atoms with Crippen LogP contribution < -0.4 is 0 Å². The van der Waals surface area contributed by atoms with Gasteiger partial charge in [0.15, 0.2) is 6.10 Å². The number of H-pyrrole nitrogens is 2. The maximum atomic E-state index is 12.0. The number of carbonyl (C=O) groups excluding carboxylic acids is 1. The summed E-state index contributed by atoms with van der Waals surface area (Å²) in [5.74, 6) is -0.212. The first-order valence-corrected chi connectivity index (χ1v) is 8.09. The van der Waals surface area contributed by atoms with Crippen molar-refractivity contribution in [1.82, 2.24) is 9.97 Å². The molecule has 2 aromatic carbocycles. The standard InChI is InChI=1S/C20H18N2O2/c1-2-19(23)24-20(15-11-21-17-9-5-3-7-13(15)17)16-12-22-18-10-6-4-8-14(16)18/h3-12,20-22H,2H2,1H3. The molecule has 24 heavy (non-hydrogen) atoms.